The number of anilines is 2. The van der Waals surface area contributed by atoms with E-state index in [1.807, 2.05) is 6.92 Å². The molecular formula is C29H24F3N5O7. The smallest absolute Gasteiger partial charge is 0.410 e. The number of aromatic nitrogens is 2. The van der Waals surface area contributed by atoms with Crippen molar-refractivity contribution in [3.8, 4) is 28.7 Å². The van der Waals surface area contributed by atoms with Crippen LogP contribution < -0.4 is 29.6 Å². The number of hydrogen-bond acceptors (Lipinski definition) is 9. The Bertz CT molecular complexity index is 1730. The summed E-state index contributed by atoms with van der Waals surface area (Å²) in [6, 6.07) is 13.5. The third-order valence-corrected chi connectivity index (χ3v) is 6.95. The Labute approximate surface area is 247 Å². The van der Waals surface area contributed by atoms with E-state index < -0.39 is 35.5 Å². The van der Waals surface area contributed by atoms with Gasteiger partial charge < -0.3 is 29.6 Å². The Morgan fingerprint density at radius 2 is 1.82 bits per heavy atom. The summed E-state index contributed by atoms with van der Waals surface area (Å²) < 4.78 is 65.0. The first kappa shape index (κ1) is 28.6. The molecule has 2 aliphatic rings. The first-order valence-electron chi connectivity index (χ1n) is 13.4. The summed E-state index contributed by atoms with van der Waals surface area (Å²) in [5.41, 5.74) is -0.180. The highest BCUT2D eigenvalue weighted by molar-refractivity contribution is 6.03. The van der Waals surface area contributed by atoms with Crippen molar-refractivity contribution < 1.29 is 41.8 Å². The molecule has 0 fully saturated rings. The van der Waals surface area contributed by atoms with E-state index in [9.17, 15) is 28.1 Å². The average Bonchev–Trinajstić information content (AvgIpc) is 3.64. The number of carbonyl (C=O) groups is 1. The van der Waals surface area contributed by atoms with E-state index in [0.717, 1.165) is 10.7 Å². The SMILES string of the molecule is CCOc1ccc(Oc2cc(NC(=O)c3cc4n(n3)[C@H](C(F)(F)F)C[C@H](c3ccc5c(c3)OCO5)N4)cc([N+](=O)[O-])c2)cc1. The van der Waals surface area contributed by atoms with Crippen molar-refractivity contribution in [3.05, 3.63) is 88.1 Å². The second kappa shape index (κ2) is 11.3. The zero-order chi connectivity index (χ0) is 31.0. The number of nitro benzene ring substituents is 1. The number of nitrogens with zero attached hydrogens (tertiary/aromatic N) is 3. The molecule has 6 rings (SSSR count). The Hall–Kier alpha value is -5.47. The van der Waals surface area contributed by atoms with Crippen molar-refractivity contribution in [1.29, 1.82) is 0 Å². The lowest BCUT2D eigenvalue weighted by molar-refractivity contribution is -0.384. The first-order chi connectivity index (χ1) is 21.1. The molecule has 2 N–H and O–H groups in total. The number of benzene rings is 3. The van der Waals surface area contributed by atoms with Gasteiger partial charge in [0.15, 0.2) is 23.2 Å². The summed E-state index contributed by atoms with van der Waals surface area (Å²) in [5.74, 6) is 1.04. The molecule has 2 aliphatic heterocycles. The van der Waals surface area contributed by atoms with Gasteiger partial charge in [-0.25, -0.2) is 4.68 Å². The minimum Gasteiger partial charge on any atom is -0.494 e. The van der Waals surface area contributed by atoms with Crippen LogP contribution in [0.1, 0.15) is 41.5 Å². The van der Waals surface area contributed by atoms with Crippen LogP contribution in [0.5, 0.6) is 28.7 Å². The molecule has 15 heteroatoms. The van der Waals surface area contributed by atoms with Gasteiger partial charge in [-0.05, 0) is 48.9 Å². The average molecular weight is 612 g/mol. The van der Waals surface area contributed by atoms with Gasteiger partial charge in [-0.1, -0.05) is 6.07 Å². The molecule has 0 radical (unpaired) electrons. The molecule has 12 nitrogen and oxygen atoms in total. The molecule has 44 heavy (non-hydrogen) atoms. The van der Waals surface area contributed by atoms with Gasteiger partial charge in [-0.15, -0.1) is 0 Å². The number of fused-ring (bicyclic) bond motifs is 2. The van der Waals surface area contributed by atoms with Gasteiger partial charge in [0.25, 0.3) is 11.6 Å². The third kappa shape index (κ3) is 5.88. The van der Waals surface area contributed by atoms with E-state index in [1.54, 1.807) is 42.5 Å². The number of halogens is 3. The number of hydrogen-bond donors (Lipinski definition) is 2. The van der Waals surface area contributed by atoms with Crippen molar-refractivity contribution in [2.75, 3.05) is 24.0 Å². The molecule has 0 unspecified atom stereocenters. The first-order valence-corrected chi connectivity index (χ1v) is 13.4. The minimum absolute atomic E-state index is 0.0188. The predicted octanol–water partition coefficient (Wildman–Crippen LogP) is 6.62. The van der Waals surface area contributed by atoms with Gasteiger partial charge in [0, 0.05) is 24.6 Å². The minimum atomic E-state index is -4.67. The van der Waals surface area contributed by atoms with Crippen molar-refractivity contribution in [2.24, 2.45) is 0 Å². The van der Waals surface area contributed by atoms with Gasteiger partial charge in [0.05, 0.1) is 29.3 Å². The standard InChI is InChI=1S/C29H24F3N5O7/c1-2-41-19-4-6-20(7-5-19)44-21-11-17(10-18(12-21)37(39)40)33-28(38)23-14-27-34-22(13-26(29(30,31)32)36(27)35-23)16-3-8-24-25(9-16)43-15-42-24/h3-12,14,22,26,34H,2,13,15H2,1H3,(H,33,38)/t22-,26+/m1/s1. The molecule has 3 heterocycles. The lowest BCUT2D eigenvalue weighted by Crippen LogP contribution is -2.35. The summed E-state index contributed by atoms with van der Waals surface area (Å²) in [6.45, 7) is 2.33. The molecule has 1 aromatic heterocycles. The van der Waals surface area contributed by atoms with E-state index in [-0.39, 0.29) is 35.4 Å². The van der Waals surface area contributed by atoms with Gasteiger partial charge in [0.2, 0.25) is 6.79 Å². The van der Waals surface area contributed by atoms with Crippen molar-refractivity contribution in [3.63, 3.8) is 0 Å². The van der Waals surface area contributed by atoms with E-state index >= 15 is 0 Å². The number of carbonyl (C=O) groups excluding carboxylic acids is 1. The lowest BCUT2D eigenvalue weighted by Gasteiger charge is -2.33. The van der Waals surface area contributed by atoms with E-state index in [1.165, 1.54) is 18.2 Å². The van der Waals surface area contributed by atoms with Crippen LogP contribution in [0, 0.1) is 10.1 Å². The summed E-state index contributed by atoms with van der Waals surface area (Å²) in [5, 5.41) is 21.0. The highest BCUT2D eigenvalue weighted by Gasteiger charge is 2.47. The summed E-state index contributed by atoms with van der Waals surface area (Å²) in [6.07, 6.45) is -5.06. The molecule has 3 aromatic carbocycles. The fraction of sp³-hybridized carbons (Fsp3) is 0.241. The van der Waals surface area contributed by atoms with Crippen LogP contribution in [0.3, 0.4) is 0 Å². The molecular weight excluding hydrogens is 587 g/mol. The van der Waals surface area contributed by atoms with Crippen molar-refractivity contribution >= 4 is 23.1 Å². The number of nitrogens with one attached hydrogen (secondary N) is 2. The van der Waals surface area contributed by atoms with E-state index in [2.05, 4.69) is 15.7 Å². The van der Waals surface area contributed by atoms with Crippen LogP contribution in [0.25, 0.3) is 0 Å². The fourth-order valence-corrected chi connectivity index (χ4v) is 4.95. The molecule has 0 aliphatic carbocycles. The Balaban J connectivity index is 1.24. The van der Waals surface area contributed by atoms with Crippen LogP contribution in [-0.2, 0) is 0 Å². The molecule has 0 spiro atoms. The van der Waals surface area contributed by atoms with Gasteiger partial charge >= 0.3 is 6.18 Å². The summed E-state index contributed by atoms with van der Waals surface area (Å²) >= 11 is 0. The number of rotatable bonds is 8. The molecule has 0 saturated heterocycles. The van der Waals surface area contributed by atoms with Crippen molar-refractivity contribution in [2.45, 2.75) is 31.6 Å². The number of nitro groups is 1. The van der Waals surface area contributed by atoms with Crippen LogP contribution in [0.15, 0.2) is 66.7 Å². The monoisotopic (exact) mass is 611 g/mol. The fourth-order valence-electron chi connectivity index (χ4n) is 4.95. The van der Waals surface area contributed by atoms with Gasteiger partial charge in [-0.2, -0.15) is 18.3 Å². The molecule has 2 atom stereocenters. The zero-order valence-electron chi connectivity index (χ0n) is 23.0. The number of ether oxygens (including phenoxy) is 4. The summed E-state index contributed by atoms with van der Waals surface area (Å²) in [7, 11) is 0. The lowest BCUT2D eigenvalue weighted by atomic mass is 9.96. The quantitative estimate of drug-likeness (QED) is 0.166. The molecule has 4 aromatic rings. The van der Waals surface area contributed by atoms with E-state index in [4.69, 9.17) is 18.9 Å². The Kier molecular flexibility index (Phi) is 7.36. The van der Waals surface area contributed by atoms with Gasteiger partial charge in [-0.3, -0.25) is 14.9 Å². The predicted molar refractivity (Wildman–Crippen MR) is 150 cm³/mol. The highest BCUT2D eigenvalue weighted by atomic mass is 19.4. The number of non-ortho nitro benzene ring substituents is 1. The van der Waals surface area contributed by atoms with Crippen molar-refractivity contribution in [1.82, 2.24) is 9.78 Å². The maximum atomic E-state index is 14.2. The topological polar surface area (TPSA) is 139 Å². The van der Waals surface area contributed by atoms with Crippen LogP contribution >= 0.6 is 0 Å². The van der Waals surface area contributed by atoms with Gasteiger partial charge in [0.1, 0.15) is 23.1 Å². The molecule has 0 bridgehead atoms. The molecule has 1 amide bonds. The zero-order valence-corrected chi connectivity index (χ0v) is 23.0. The third-order valence-electron chi connectivity index (χ3n) is 6.95. The van der Waals surface area contributed by atoms with E-state index in [0.29, 0.717) is 35.2 Å². The maximum absolute atomic E-state index is 14.2. The number of alkyl halides is 3. The second-order valence-electron chi connectivity index (χ2n) is 9.90. The normalized spacial score (nSPS) is 16.9. The summed E-state index contributed by atoms with van der Waals surface area (Å²) in [4.78, 5) is 24.1. The largest absolute Gasteiger partial charge is 0.494 e. The Morgan fingerprint density at radius 1 is 1.07 bits per heavy atom. The number of amides is 1. The molecule has 0 saturated carbocycles. The van der Waals surface area contributed by atoms with Crippen LogP contribution in [0.4, 0.5) is 30.4 Å². The molecule has 228 valence electrons. The second-order valence-corrected chi connectivity index (χ2v) is 9.90. The maximum Gasteiger partial charge on any atom is 0.410 e. The highest BCUT2D eigenvalue weighted by Crippen LogP contribution is 2.45. The van der Waals surface area contributed by atoms with Crippen LogP contribution in [0.2, 0.25) is 0 Å². The Morgan fingerprint density at radius 3 is 2.55 bits per heavy atom. The van der Waals surface area contributed by atoms with Crippen LogP contribution in [-0.4, -0.2) is 40.2 Å².